The summed E-state index contributed by atoms with van der Waals surface area (Å²) < 4.78 is 5.95. The molecule has 1 aromatic carbocycles. The van der Waals surface area contributed by atoms with Gasteiger partial charge in [0.15, 0.2) is 0 Å². The summed E-state index contributed by atoms with van der Waals surface area (Å²) in [6.45, 7) is 4.82. The van der Waals surface area contributed by atoms with E-state index in [-0.39, 0.29) is 0 Å². The van der Waals surface area contributed by atoms with E-state index in [0.717, 1.165) is 31.1 Å². The minimum Gasteiger partial charge on any atom is -0.492 e. The van der Waals surface area contributed by atoms with Crippen LogP contribution in [0.25, 0.3) is 0 Å². The number of aryl methyl sites for hydroxylation is 1. The van der Waals surface area contributed by atoms with Crippen molar-refractivity contribution >= 4 is 11.9 Å². The molecular formula is C22H26N2O5. The Labute approximate surface area is 170 Å². The van der Waals surface area contributed by atoms with Crippen LogP contribution in [0.5, 0.6) is 5.75 Å². The van der Waals surface area contributed by atoms with E-state index in [1.165, 1.54) is 12.0 Å². The van der Waals surface area contributed by atoms with Gasteiger partial charge in [-0.15, -0.1) is 0 Å². The zero-order valence-corrected chi connectivity index (χ0v) is 16.3. The average molecular weight is 398 g/mol. The highest BCUT2D eigenvalue weighted by Gasteiger charge is 2.26. The predicted molar refractivity (Wildman–Crippen MR) is 109 cm³/mol. The number of rotatable bonds is 6. The number of carboxylic acid groups (broad SMARTS) is 2. The van der Waals surface area contributed by atoms with E-state index in [9.17, 15) is 9.59 Å². The van der Waals surface area contributed by atoms with Crippen molar-refractivity contribution < 1.29 is 24.5 Å². The Kier molecular flexibility index (Phi) is 8.85. The first-order valence-electron chi connectivity index (χ1n) is 9.40. The SMILES string of the molecule is Cc1ccc(OC[C@@H]2CNCC[C@H]2c2ccccc2)cn1.O=C(O)/C=C/C(=O)O. The molecule has 7 heteroatoms. The van der Waals surface area contributed by atoms with Crippen LogP contribution in [0, 0.1) is 12.8 Å². The van der Waals surface area contributed by atoms with Crippen molar-refractivity contribution in [1.82, 2.24) is 10.3 Å². The van der Waals surface area contributed by atoms with Crippen LogP contribution in [-0.4, -0.2) is 46.8 Å². The maximum atomic E-state index is 9.55. The number of benzene rings is 1. The average Bonchev–Trinajstić information content (AvgIpc) is 2.73. The molecule has 0 radical (unpaired) electrons. The standard InChI is InChI=1S/C18H22N2O.C4H4O4/c1-14-7-8-17(12-20-14)21-13-16-11-19-10-9-18(16)15-5-3-2-4-6-15;5-3(6)1-2-4(7)8/h2-8,12,16,18-19H,9-11,13H2,1H3;1-2H,(H,5,6)(H,7,8)/b;2-1+/t16-,18-;/m0./s1. The molecule has 0 aliphatic carbocycles. The van der Waals surface area contributed by atoms with Crippen LogP contribution in [-0.2, 0) is 9.59 Å². The summed E-state index contributed by atoms with van der Waals surface area (Å²) in [4.78, 5) is 23.4. The van der Waals surface area contributed by atoms with Gasteiger partial charge >= 0.3 is 11.9 Å². The summed E-state index contributed by atoms with van der Waals surface area (Å²) in [7, 11) is 0. The number of carbonyl (C=O) groups is 2. The van der Waals surface area contributed by atoms with Crippen LogP contribution in [0.1, 0.15) is 23.6 Å². The highest BCUT2D eigenvalue weighted by molar-refractivity contribution is 5.89. The monoisotopic (exact) mass is 398 g/mol. The molecule has 1 fully saturated rings. The number of hydrogen-bond acceptors (Lipinski definition) is 5. The molecule has 29 heavy (non-hydrogen) atoms. The topological polar surface area (TPSA) is 109 Å². The molecule has 3 N–H and O–H groups in total. The Hall–Kier alpha value is -3.19. The van der Waals surface area contributed by atoms with Gasteiger partial charge in [-0.25, -0.2) is 9.59 Å². The quantitative estimate of drug-likeness (QED) is 0.642. The normalized spacial score (nSPS) is 18.5. The van der Waals surface area contributed by atoms with Crippen LogP contribution in [0.2, 0.25) is 0 Å². The van der Waals surface area contributed by atoms with Crippen molar-refractivity contribution in [2.75, 3.05) is 19.7 Å². The summed E-state index contributed by atoms with van der Waals surface area (Å²) in [6.07, 6.45) is 4.10. The second-order valence-electron chi connectivity index (χ2n) is 6.73. The van der Waals surface area contributed by atoms with Crippen LogP contribution < -0.4 is 10.1 Å². The maximum Gasteiger partial charge on any atom is 0.328 e. The third kappa shape index (κ3) is 8.15. The number of pyridine rings is 1. The first-order chi connectivity index (χ1) is 14.0. The lowest BCUT2D eigenvalue weighted by Crippen LogP contribution is -2.38. The van der Waals surface area contributed by atoms with E-state index in [2.05, 4.69) is 40.6 Å². The number of aromatic nitrogens is 1. The van der Waals surface area contributed by atoms with Gasteiger partial charge in [0.1, 0.15) is 5.75 Å². The van der Waals surface area contributed by atoms with Crippen LogP contribution in [0.3, 0.4) is 0 Å². The summed E-state index contributed by atoms with van der Waals surface area (Å²) in [5.74, 6) is -0.578. The summed E-state index contributed by atoms with van der Waals surface area (Å²) in [6, 6.07) is 14.8. The first-order valence-corrected chi connectivity index (χ1v) is 9.40. The zero-order valence-electron chi connectivity index (χ0n) is 16.3. The molecule has 3 rings (SSSR count). The van der Waals surface area contributed by atoms with Crippen LogP contribution in [0.4, 0.5) is 0 Å². The van der Waals surface area contributed by atoms with Gasteiger partial charge in [-0.1, -0.05) is 30.3 Å². The number of nitrogens with one attached hydrogen (secondary N) is 1. The van der Waals surface area contributed by atoms with Gasteiger partial charge in [-0.2, -0.15) is 0 Å². The van der Waals surface area contributed by atoms with Crippen molar-refractivity contribution in [2.24, 2.45) is 5.92 Å². The maximum absolute atomic E-state index is 9.55. The molecule has 2 aromatic rings. The Morgan fingerprint density at radius 3 is 2.41 bits per heavy atom. The van der Waals surface area contributed by atoms with Gasteiger partial charge in [-0.3, -0.25) is 4.98 Å². The highest BCUT2D eigenvalue weighted by atomic mass is 16.5. The van der Waals surface area contributed by atoms with Crippen LogP contribution >= 0.6 is 0 Å². The zero-order chi connectivity index (χ0) is 21.1. The number of aliphatic carboxylic acids is 2. The first kappa shape index (κ1) is 22.1. The van der Waals surface area contributed by atoms with Gasteiger partial charge in [0.2, 0.25) is 0 Å². The minimum absolute atomic E-state index is 0.502. The molecule has 2 atom stereocenters. The smallest absolute Gasteiger partial charge is 0.328 e. The largest absolute Gasteiger partial charge is 0.492 e. The lowest BCUT2D eigenvalue weighted by atomic mass is 9.81. The molecule has 7 nitrogen and oxygen atoms in total. The van der Waals surface area contributed by atoms with Crippen molar-refractivity contribution in [3.63, 3.8) is 0 Å². The van der Waals surface area contributed by atoms with Crippen molar-refractivity contribution in [2.45, 2.75) is 19.3 Å². The lowest BCUT2D eigenvalue weighted by molar-refractivity contribution is -0.134. The molecular weight excluding hydrogens is 372 g/mol. The third-order valence-corrected chi connectivity index (χ3v) is 4.55. The van der Waals surface area contributed by atoms with E-state index >= 15 is 0 Å². The Balaban J connectivity index is 0.000000321. The van der Waals surface area contributed by atoms with E-state index in [1.807, 2.05) is 25.3 Å². The number of hydrogen-bond donors (Lipinski definition) is 3. The molecule has 2 heterocycles. The molecule has 1 aromatic heterocycles. The molecule has 1 aliphatic rings. The Morgan fingerprint density at radius 2 is 1.83 bits per heavy atom. The van der Waals surface area contributed by atoms with Gasteiger partial charge in [0, 0.05) is 30.3 Å². The molecule has 0 saturated carbocycles. The summed E-state index contributed by atoms with van der Waals surface area (Å²) >= 11 is 0. The van der Waals surface area contributed by atoms with E-state index < -0.39 is 11.9 Å². The fourth-order valence-electron chi connectivity index (χ4n) is 3.12. The molecule has 1 aliphatic heterocycles. The Morgan fingerprint density at radius 1 is 1.14 bits per heavy atom. The molecule has 1 saturated heterocycles. The number of carboxylic acids is 2. The van der Waals surface area contributed by atoms with E-state index in [0.29, 0.717) is 24.0 Å². The lowest BCUT2D eigenvalue weighted by Gasteiger charge is -2.32. The highest BCUT2D eigenvalue weighted by Crippen LogP contribution is 2.30. The van der Waals surface area contributed by atoms with Gasteiger partial charge in [0.25, 0.3) is 0 Å². The molecule has 0 amide bonds. The Bertz CT molecular complexity index is 790. The van der Waals surface area contributed by atoms with Crippen molar-refractivity contribution in [3.8, 4) is 5.75 Å². The molecule has 0 spiro atoms. The third-order valence-electron chi connectivity index (χ3n) is 4.55. The summed E-state index contributed by atoms with van der Waals surface area (Å²) in [5.41, 5.74) is 2.44. The van der Waals surface area contributed by atoms with Crippen molar-refractivity contribution in [3.05, 3.63) is 72.1 Å². The molecule has 154 valence electrons. The molecule has 0 unspecified atom stereocenters. The van der Waals surface area contributed by atoms with E-state index in [1.54, 1.807) is 0 Å². The van der Waals surface area contributed by atoms with Gasteiger partial charge < -0.3 is 20.3 Å². The fraction of sp³-hybridized carbons (Fsp3) is 0.318. The van der Waals surface area contributed by atoms with E-state index in [4.69, 9.17) is 14.9 Å². The van der Waals surface area contributed by atoms with Crippen LogP contribution in [0.15, 0.2) is 60.8 Å². The van der Waals surface area contributed by atoms with Gasteiger partial charge in [0.05, 0.1) is 12.8 Å². The molecule has 0 bridgehead atoms. The summed E-state index contributed by atoms with van der Waals surface area (Å²) in [5, 5.41) is 19.1. The number of nitrogens with zero attached hydrogens (tertiary/aromatic N) is 1. The van der Waals surface area contributed by atoms with Crippen molar-refractivity contribution in [1.29, 1.82) is 0 Å². The number of piperidine rings is 1. The fourth-order valence-corrected chi connectivity index (χ4v) is 3.12. The predicted octanol–water partition coefficient (Wildman–Crippen LogP) is 2.87. The minimum atomic E-state index is -1.26. The van der Waals surface area contributed by atoms with Gasteiger partial charge in [-0.05, 0) is 43.5 Å². The second-order valence-corrected chi connectivity index (χ2v) is 6.73. The number of ether oxygens (including phenoxy) is 1. The second kappa shape index (κ2) is 11.6.